The Labute approximate surface area is 119 Å². The third-order valence-electron chi connectivity index (χ3n) is 2.62. The molecule has 1 N–H and O–H groups in total. The van der Waals surface area contributed by atoms with Crippen molar-refractivity contribution in [2.24, 2.45) is 0 Å². The number of halogens is 1. The van der Waals surface area contributed by atoms with E-state index in [-0.39, 0.29) is 11.5 Å². The van der Waals surface area contributed by atoms with E-state index in [0.29, 0.717) is 18.5 Å². The molecule has 0 aliphatic heterocycles. The molecule has 0 unspecified atom stereocenters. The summed E-state index contributed by atoms with van der Waals surface area (Å²) in [4.78, 5) is 12.0. The summed E-state index contributed by atoms with van der Waals surface area (Å²) in [6.45, 7) is 2.42. The average Bonchev–Trinajstić information content (AvgIpc) is 2.75. The van der Waals surface area contributed by atoms with Gasteiger partial charge in [-0.15, -0.1) is 0 Å². The molecule has 4 nitrogen and oxygen atoms in total. The van der Waals surface area contributed by atoms with Gasteiger partial charge in [0.15, 0.2) is 5.78 Å². The summed E-state index contributed by atoms with van der Waals surface area (Å²) in [6.07, 6.45) is 3.95. The molecule has 0 atom stereocenters. The van der Waals surface area contributed by atoms with E-state index in [1.165, 1.54) is 0 Å². The molecule has 94 valence electrons. The van der Waals surface area contributed by atoms with Crippen LogP contribution in [0.4, 0.5) is 0 Å². The maximum absolute atomic E-state index is 12.0. The second-order valence-electron chi connectivity index (χ2n) is 4.12. The number of hydrogen-bond donors (Lipinski definition) is 1. The normalized spacial score (nSPS) is 10.6. The highest BCUT2D eigenvalue weighted by molar-refractivity contribution is 14.1. The SMILES string of the molecule is Cc1ccc(O)c(C(=O)CCn2cc(I)cn2)c1. The molecule has 0 aliphatic carbocycles. The highest BCUT2D eigenvalue weighted by Crippen LogP contribution is 2.20. The zero-order chi connectivity index (χ0) is 13.1. The highest BCUT2D eigenvalue weighted by Gasteiger charge is 2.11. The summed E-state index contributed by atoms with van der Waals surface area (Å²) in [6, 6.07) is 5.05. The Morgan fingerprint density at radius 3 is 2.94 bits per heavy atom. The fourth-order valence-electron chi connectivity index (χ4n) is 1.68. The van der Waals surface area contributed by atoms with Crippen LogP contribution >= 0.6 is 22.6 Å². The Kier molecular flexibility index (Phi) is 4.00. The predicted octanol–water partition coefficient (Wildman–Crippen LogP) is 2.77. The standard InChI is InChI=1S/C13H13IN2O2/c1-9-2-3-12(17)11(6-9)13(18)4-5-16-8-10(14)7-15-16/h2-3,6-8,17H,4-5H2,1H3. The number of benzene rings is 1. The van der Waals surface area contributed by atoms with Crippen molar-refractivity contribution in [2.45, 2.75) is 19.9 Å². The van der Waals surface area contributed by atoms with Gasteiger partial charge in [-0.05, 0) is 41.6 Å². The lowest BCUT2D eigenvalue weighted by atomic mass is 10.0. The molecule has 0 saturated heterocycles. The van der Waals surface area contributed by atoms with Gasteiger partial charge in [0.2, 0.25) is 0 Å². The van der Waals surface area contributed by atoms with Crippen LogP contribution in [0, 0.1) is 10.5 Å². The van der Waals surface area contributed by atoms with Gasteiger partial charge < -0.3 is 5.11 Å². The lowest BCUT2D eigenvalue weighted by Gasteiger charge is -2.05. The number of carbonyl (C=O) groups excluding carboxylic acids is 1. The number of phenolic OH excluding ortho intramolecular Hbond substituents is 1. The number of Topliss-reactive ketones (excluding diaryl/α,β-unsaturated/α-hetero) is 1. The molecule has 1 heterocycles. The van der Waals surface area contributed by atoms with Gasteiger partial charge in [-0.2, -0.15) is 5.10 Å². The first-order chi connectivity index (χ1) is 8.56. The van der Waals surface area contributed by atoms with Crippen LogP contribution in [0.25, 0.3) is 0 Å². The van der Waals surface area contributed by atoms with Gasteiger partial charge >= 0.3 is 0 Å². The molecule has 2 aromatic rings. The number of aromatic hydroxyl groups is 1. The molecule has 18 heavy (non-hydrogen) atoms. The Hall–Kier alpha value is -1.37. The minimum atomic E-state index is -0.0679. The van der Waals surface area contributed by atoms with Crippen molar-refractivity contribution in [2.75, 3.05) is 0 Å². The van der Waals surface area contributed by atoms with Crippen LogP contribution in [0.3, 0.4) is 0 Å². The summed E-state index contributed by atoms with van der Waals surface area (Å²) in [5.74, 6) is -0.0256. The number of aryl methyl sites for hydroxylation is 2. The van der Waals surface area contributed by atoms with E-state index in [9.17, 15) is 9.90 Å². The number of hydrogen-bond acceptors (Lipinski definition) is 3. The van der Waals surface area contributed by atoms with Gasteiger partial charge in [0.1, 0.15) is 5.75 Å². The summed E-state index contributed by atoms with van der Waals surface area (Å²) < 4.78 is 2.77. The van der Waals surface area contributed by atoms with Crippen LogP contribution < -0.4 is 0 Å². The molecule has 0 bridgehead atoms. The predicted molar refractivity (Wildman–Crippen MR) is 76.7 cm³/mol. The van der Waals surface area contributed by atoms with Crippen LogP contribution in [0.2, 0.25) is 0 Å². The van der Waals surface area contributed by atoms with Crippen molar-refractivity contribution >= 4 is 28.4 Å². The van der Waals surface area contributed by atoms with Crippen LogP contribution in [0.1, 0.15) is 22.3 Å². The number of phenols is 1. The van der Waals surface area contributed by atoms with Crippen LogP contribution in [-0.2, 0) is 6.54 Å². The minimum Gasteiger partial charge on any atom is -0.507 e. The van der Waals surface area contributed by atoms with Crippen molar-refractivity contribution < 1.29 is 9.90 Å². The minimum absolute atomic E-state index is 0.0423. The van der Waals surface area contributed by atoms with E-state index in [1.54, 1.807) is 29.1 Å². The van der Waals surface area contributed by atoms with Gasteiger partial charge in [-0.3, -0.25) is 9.48 Å². The first-order valence-corrected chi connectivity index (χ1v) is 6.65. The van der Waals surface area contributed by atoms with Gasteiger partial charge in [0, 0.05) is 19.2 Å². The van der Waals surface area contributed by atoms with Crippen molar-refractivity contribution in [3.8, 4) is 5.75 Å². The van der Waals surface area contributed by atoms with E-state index < -0.39 is 0 Å². The van der Waals surface area contributed by atoms with E-state index in [1.807, 2.05) is 13.1 Å². The number of aromatic nitrogens is 2. The summed E-state index contributed by atoms with van der Waals surface area (Å²) in [5, 5.41) is 13.8. The van der Waals surface area contributed by atoms with Crippen molar-refractivity contribution in [1.82, 2.24) is 9.78 Å². The quantitative estimate of drug-likeness (QED) is 0.677. The number of nitrogens with zero attached hydrogens (tertiary/aromatic N) is 2. The van der Waals surface area contributed by atoms with Crippen molar-refractivity contribution in [3.05, 3.63) is 45.3 Å². The van der Waals surface area contributed by atoms with Gasteiger partial charge in [0.25, 0.3) is 0 Å². The van der Waals surface area contributed by atoms with Crippen LogP contribution in [-0.4, -0.2) is 20.7 Å². The second kappa shape index (κ2) is 5.51. The monoisotopic (exact) mass is 356 g/mol. The van der Waals surface area contributed by atoms with E-state index in [4.69, 9.17) is 0 Å². The third kappa shape index (κ3) is 3.10. The fraction of sp³-hybridized carbons (Fsp3) is 0.231. The maximum atomic E-state index is 12.0. The Bertz CT molecular complexity index is 578. The number of carbonyl (C=O) groups is 1. The molecule has 0 aliphatic rings. The van der Waals surface area contributed by atoms with Crippen molar-refractivity contribution in [1.29, 1.82) is 0 Å². The highest BCUT2D eigenvalue weighted by atomic mass is 127. The lowest BCUT2D eigenvalue weighted by molar-refractivity contribution is 0.0973. The molecular weight excluding hydrogens is 343 g/mol. The molecule has 0 radical (unpaired) electrons. The van der Waals surface area contributed by atoms with E-state index in [0.717, 1.165) is 9.13 Å². The Morgan fingerprint density at radius 2 is 2.28 bits per heavy atom. The Morgan fingerprint density at radius 1 is 1.50 bits per heavy atom. The largest absolute Gasteiger partial charge is 0.507 e. The van der Waals surface area contributed by atoms with Crippen LogP contribution in [0.15, 0.2) is 30.6 Å². The summed E-state index contributed by atoms with van der Waals surface area (Å²) in [5.41, 5.74) is 1.35. The molecule has 2 rings (SSSR count). The smallest absolute Gasteiger partial charge is 0.168 e. The zero-order valence-corrected chi connectivity index (χ0v) is 12.1. The number of rotatable bonds is 4. The van der Waals surface area contributed by atoms with E-state index in [2.05, 4.69) is 27.7 Å². The average molecular weight is 356 g/mol. The third-order valence-corrected chi connectivity index (χ3v) is 3.18. The van der Waals surface area contributed by atoms with Gasteiger partial charge in [0.05, 0.1) is 15.3 Å². The summed E-state index contributed by atoms with van der Waals surface area (Å²) >= 11 is 2.17. The molecular formula is C13H13IN2O2. The van der Waals surface area contributed by atoms with E-state index >= 15 is 0 Å². The van der Waals surface area contributed by atoms with Crippen molar-refractivity contribution in [3.63, 3.8) is 0 Å². The lowest BCUT2D eigenvalue weighted by Crippen LogP contribution is -2.07. The molecule has 1 aromatic heterocycles. The molecule has 1 aromatic carbocycles. The number of ketones is 1. The Balaban J connectivity index is 2.05. The molecule has 0 saturated carbocycles. The van der Waals surface area contributed by atoms with Gasteiger partial charge in [-0.25, -0.2) is 0 Å². The first kappa shape index (κ1) is 13.1. The molecule has 5 heteroatoms. The molecule has 0 amide bonds. The molecule has 0 fully saturated rings. The molecule has 0 spiro atoms. The summed E-state index contributed by atoms with van der Waals surface area (Å²) in [7, 11) is 0. The maximum Gasteiger partial charge on any atom is 0.168 e. The van der Waals surface area contributed by atoms with Crippen LogP contribution in [0.5, 0.6) is 5.75 Å². The first-order valence-electron chi connectivity index (χ1n) is 5.57. The fourth-order valence-corrected chi connectivity index (χ4v) is 2.13. The zero-order valence-electron chi connectivity index (χ0n) is 9.93. The van der Waals surface area contributed by atoms with Gasteiger partial charge in [-0.1, -0.05) is 11.6 Å². The second-order valence-corrected chi connectivity index (χ2v) is 5.36. The topological polar surface area (TPSA) is 55.1 Å².